The van der Waals surface area contributed by atoms with E-state index < -0.39 is 17.6 Å². The average molecular weight is 446 g/mol. The van der Waals surface area contributed by atoms with Crippen LogP contribution < -0.4 is 19.7 Å². The van der Waals surface area contributed by atoms with Crippen LogP contribution in [0, 0.1) is 5.82 Å². The van der Waals surface area contributed by atoms with Gasteiger partial charge >= 0.3 is 0 Å². The minimum atomic E-state index is -0.540. The van der Waals surface area contributed by atoms with Crippen molar-refractivity contribution in [3.63, 3.8) is 0 Å². The maximum Gasteiger partial charge on any atom is 0.282 e. The van der Waals surface area contributed by atoms with Gasteiger partial charge in [-0.3, -0.25) is 9.59 Å². The Morgan fingerprint density at radius 2 is 1.64 bits per heavy atom. The van der Waals surface area contributed by atoms with Gasteiger partial charge in [0.2, 0.25) is 0 Å². The number of methoxy groups -OCH3 is 1. The third-order valence-electron chi connectivity index (χ3n) is 5.02. The number of hydrogen-bond donors (Lipinski definition) is 1. The second-order valence-corrected chi connectivity index (χ2v) is 7.69. The van der Waals surface area contributed by atoms with Crippen molar-refractivity contribution >= 4 is 28.8 Å². The fourth-order valence-electron chi connectivity index (χ4n) is 3.59. The Bertz CT molecular complexity index is 1240. The lowest BCUT2D eigenvalue weighted by molar-refractivity contribution is -0.120. The quantitative estimate of drug-likeness (QED) is 0.517. The van der Waals surface area contributed by atoms with Crippen LogP contribution in [0.5, 0.6) is 11.5 Å². The van der Waals surface area contributed by atoms with Gasteiger partial charge in [-0.05, 0) is 55.8 Å². The van der Waals surface area contributed by atoms with E-state index in [1.807, 2.05) is 13.8 Å². The number of anilines is 2. The first-order valence-electron chi connectivity index (χ1n) is 10.4. The monoisotopic (exact) mass is 446 g/mol. The summed E-state index contributed by atoms with van der Waals surface area (Å²) in [6.07, 6.45) is -0.155. The molecule has 0 unspecified atom stereocenters. The highest BCUT2D eigenvalue weighted by Crippen LogP contribution is 2.38. The molecule has 2 amide bonds. The zero-order chi connectivity index (χ0) is 23.5. The molecule has 0 atom stereocenters. The number of ether oxygens (including phenoxy) is 2. The molecule has 0 spiro atoms. The van der Waals surface area contributed by atoms with Crippen molar-refractivity contribution in [3.8, 4) is 11.5 Å². The highest BCUT2D eigenvalue weighted by atomic mass is 19.1. The number of carbonyl (C=O) groups excluding carboxylic acids is 2. The van der Waals surface area contributed by atoms with Gasteiger partial charge in [-0.15, -0.1) is 0 Å². The summed E-state index contributed by atoms with van der Waals surface area (Å²) in [6, 6.07) is 19.3. The van der Waals surface area contributed by atoms with Crippen LogP contribution in [0.15, 0.2) is 78.5 Å². The first-order valence-corrected chi connectivity index (χ1v) is 10.4. The summed E-state index contributed by atoms with van der Waals surface area (Å²) < 4.78 is 24.7. The average Bonchev–Trinajstić information content (AvgIpc) is 3.04. The highest BCUT2D eigenvalue weighted by Gasteiger charge is 2.41. The Balaban J connectivity index is 1.82. The molecule has 1 N–H and O–H groups in total. The molecule has 4 rings (SSSR count). The normalized spacial score (nSPS) is 13.7. The second kappa shape index (κ2) is 9.16. The third-order valence-corrected chi connectivity index (χ3v) is 5.02. The highest BCUT2D eigenvalue weighted by molar-refractivity contribution is 6.46. The molecule has 6 nitrogen and oxygen atoms in total. The van der Waals surface area contributed by atoms with Gasteiger partial charge in [0.1, 0.15) is 23.0 Å². The Labute approximate surface area is 191 Å². The van der Waals surface area contributed by atoms with Crippen molar-refractivity contribution < 1.29 is 23.5 Å². The lowest BCUT2D eigenvalue weighted by Gasteiger charge is -2.20. The van der Waals surface area contributed by atoms with Crippen LogP contribution in [0.25, 0.3) is 5.57 Å². The zero-order valence-electron chi connectivity index (χ0n) is 18.5. The van der Waals surface area contributed by atoms with E-state index >= 15 is 0 Å². The molecular formula is C26H23FN2O4. The Kier molecular flexibility index (Phi) is 6.13. The molecule has 1 aliphatic rings. The van der Waals surface area contributed by atoms with Crippen molar-refractivity contribution in [2.75, 3.05) is 17.3 Å². The SMILES string of the molecule is COc1cccc(NC2=C(c3ccc(F)cc3)C(=O)N(c3ccccc3OC(C)C)C2=O)c1. The van der Waals surface area contributed by atoms with Gasteiger partial charge in [0.25, 0.3) is 11.8 Å². The summed E-state index contributed by atoms with van der Waals surface area (Å²) in [6.45, 7) is 3.73. The Hall–Kier alpha value is -4.13. The van der Waals surface area contributed by atoms with Crippen molar-refractivity contribution in [1.82, 2.24) is 0 Å². The van der Waals surface area contributed by atoms with Crippen LogP contribution in [0.2, 0.25) is 0 Å². The van der Waals surface area contributed by atoms with Crippen LogP contribution in [-0.4, -0.2) is 25.0 Å². The van der Waals surface area contributed by atoms with Crippen molar-refractivity contribution in [3.05, 3.63) is 89.9 Å². The molecule has 0 fully saturated rings. The van der Waals surface area contributed by atoms with Gasteiger partial charge in [0.05, 0.1) is 24.5 Å². The van der Waals surface area contributed by atoms with E-state index in [1.54, 1.807) is 55.6 Å². The number of amides is 2. The third kappa shape index (κ3) is 4.43. The fourth-order valence-corrected chi connectivity index (χ4v) is 3.59. The van der Waals surface area contributed by atoms with Crippen LogP contribution in [-0.2, 0) is 9.59 Å². The number of halogens is 1. The minimum Gasteiger partial charge on any atom is -0.497 e. The van der Waals surface area contributed by atoms with Crippen LogP contribution >= 0.6 is 0 Å². The molecule has 0 saturated carbocycles. The van der Waals surface area contributed by atoms with E-state index in [9.17, 15) is 14.0 Å². The number of para-hydroxylation sites is 2. The molecule has 1 heterocycles. The van der Waals surface area contributed by atoms with Crippen LogP contribution in [0.4, 0.5) is 15.8 Å². The number of hydrogen-bond acceptors (Lipinski definition) is 5. The summed E-state index contributed by atoms with van der Waals surface area (Å²) in [4.78, 5) is 28.3. The molecule has 1 aliphatic heterocycles. The molecule has 7 heteroatoms. The van der Waals surface area contributed by atoms with Gasteiger partial charge in [0, 0.05) is 11.8 Å². The predicted octanol–water partition coefficient (Wildman–Crippen LogP) is 5.02. The number of carbonyl (C=O) groups is 2. The largest absolute Gasteiger partial charge is 0.497 e. The molecule has 0 radical (unpaired) electrons. The van der Waals surface area contributed by atoms with E-state index in [4.69, 9.17) is 9.47 Å². The number of nitrogens with zero attached hydrogens (tertiary/aromatic N) is 1. The molecular weight excluding hydrogens is 423 g/mol. The van der Waals surface area contributed by atoms with Crippen molar-refractivity contribution in [2.24, 2.45) is 0 Å². The summed E-state index contributed by atoms with van der Waals surface area (Å²) in [5.74, 6) is -0.506. The van der Waals surface area contributed by atoms with Gasteiger partial charge in [-0.25, -0.2) is 9.29 Å². The summed E-state index contributed by atoms with van der Waals surface area (Å²) in [5, 5.41) is 3.07. The predicted molar refractivity (Wildman–Crippen MR) is 125 cm³/mol. The minimum absolute atomic E-state index is 0.0826. The summed E-state index contributed by atoms with van der Waals surface area (Å²) in [7, 11) is 1.54. The van der Waals surface area contributed by atoms with Crippen LogP contribution in [0.3, 0.4) is 0 Å². The maximum atomic E-state index is 13.6. The topological polar surface area (TPSA) is 67.9 Å². The second-order valence-electron chi connectivity index (χ2n) is 7.69. The number of nitrogens with one attached hydrogen (secondary N) is 1. The van der Waals surface area contributed by atoms with E-state index in [2.05, 4.69) is 5.32 Å². The molecule has 3 aromatic rings. The maximum absolute atomic E-state index is 13.6. The van der Waals surface area contributed by atoms with E-state index in [0.717, 1.165) is 4.90 Å². The molecule has 0 saturated heterocycles. The van der Waals surface area contributed by atoms with Gasteiger partial charge < -0.3 is 14.8 Å². The molecule has 0 bridgehead atoms. The van der Waals surface area contributed by atoms with Gasteiger partial charge in [-0.2, -0.15) is 0 Å². The van der Waals surface area contributed by atoms with Crippen molar-refractivity contribution in [2.45, 2.75) is 20.0 Å². The number of rotatable bonds is 7. The van der Waals surface area contributed by atoms with E-state index in [0.29, 0.717) is 28.4 Å². The number of benzene rings is 3. The molecule has 0 aromatic heterocycles. The first-order chi connectivity index (χ1) is 15.9. The van der Waals surface area contributed by atoms with Gasteiger partial charge in [0.15, 0.2) is 0 Å². The standard InChI is InChI=1S/C26H23FN2O4/c1-16(2)33-22-10-5-4-9-21(22)29-25(30)23(17-11-13-18(27)14-12-17)24(26(29)31)28-19-7-6-8-20(15-19)32-3/h4-16,28H,1-3H3. The van der Waals surface area contributed by atoms with Crippen molar-refractivity contribution in [1.29, 1.82) is 0 Å². The lowest BCUT2D eigenvalue weighted by atomic mass is 10.0. The summed E-state index contributed by atoms with van der Waals surface area (Å²) >= 11 is 0. The van der Waals surface area contributed by atoms with E-state index in [-0.39, 0.29) is 17.4 Å². The smallest absolute Gasteiger partial charge is 0.282 e. The zero-order valence-corrected chi connectivity index (χ0v) is 18.5. The molecule has 3 aromatic carbocycles. The summed E-state index contributed by atoms with van der Waals surface area (Å²) in [5.41, 5.74) is 1.55. The Morgan fingerprint density at radius 3 is 2.33 bits per heavy atom. The first kappa shape index (κ1) is 22.1. The molecule has 168 valence electrons. The van der Waals surface area contributed by atoms with E-state index in [1.165, 1.54) is 24.3 Å². The van der Waals surface area contributed by atoms with Gasteiger partial charge in [-0.1, -0.05) is 30.3 Å². The van der Waals surface area contributed by atoms with Crippen LogP contribution in [0.1, 0.15) is 19.4 Å². The lowest BCUT2D eigenvalue weighted by Crippen LogP contribution is -2.33. The Morgan fingerprint density at radius 1 is 0.909 bits per heavy atom. The molecule has 33 heavy (non-hydrogen) atoms. The molecule has 0 aliphatic carbocycles. The number of imide groups is 1. The fraction of sp³-hybridized carbons (Fsp3) is 0.154.